The maximum absolute atomic E-state index is 12.8. The number of Topliss-reactive ketones (excluding diaryl/α,β-unsaturated/α-hetero) is 1. The number of thiazole rings is 1. The van der Waals surface area contributed by atoms with E-state index in [4.69, 9.17) is 0 Å². The van der Waals surface area contributed by atoms with E-state index in [1.165, 1.54) is 11.3 Å². The standard InChI is InChI=1S/C20H16N4OS/c1-13-10-11-24(23-13)15-8-6-14(7-9-15)19(25)16(12-21)20-22-17-4-2-3-5-18(17)26-20/h2-9,16H,10-11H2,1H3/t16-/m0/s1. The van der Waals surface area contributed by atoms with Crippen LogP contribution in [0.2, 0.25) is 0 Å². The van der Waals surface area contributed by atoms with Crippen molar-refractivity contribution < 1.29 is 4.79 Å². The van der Waals surface area contributed by atoms with E-state index in [1.54, 1.807) is 12.1 Å². The van der Waals surface area contributed by atoms with Gasteiger partial charge >= 0.3 is 0 Å². The minimum absolute atomic E-state index is 0.223. The molecule has 0 fully saturated rings. The third-order valence-electron chi connectivity index (χ3n) is 4.38. The normalized spacial score (nSPS) is 14.9. The highest BCUT2D eigenvalue weighted by Crippen LogP contribution is 2.30. The van der Waals surface area contributed by atoms with Gasteiger partial charge in [-0.15, -0.1) is 11.3 Å². The Morgan fingerprint density at radius 2 is 2.00 bits per heavy atom. The number of hydrazone groups is 1. The van der Waals surface area contributed by atoms with Crippen LogP contribution in [0.5, 0.6) is 0 Å². The second kappa shape index (κ2) is 6.70. The van der Waals surface area contributed by atoms with Crippen LogP contribution in [0.1, 0.15) is 34.6 Å². The maximum atomic E-state index is 12.8. The fraction of sp³-hybridized carbons (Fsp3) is 0.200. The predicted octanol–water partition coefficient (Wildman–Crippen LogP) is 4.37. The molecule has 1 aromatic heterocycles. The lowest BCUT2D eigenvalue weighted by Gasteiger charge is -2.14. The average Bonchev–Trinajstić information content (AvgIpc) is 3.28. The lowest BCUT2D eigenvalue weighted by molar-refractivity contribution is 0.0979. The molecule has 1 aliphatic rings. The Morgan fingerprint density at radius 1 is 1.23 bits per heavy atom. The van der Waals surface area contributed by atoms with Gasteiger partial charge in [0.15, 0.2) is 11.7 Å². The molecule has 0 spiro atoms. The van der Waals surface area contributed by atoms with E-state index < -0.39 is 5.92 Å². The summed E-state index contributed by atoms with van der Waals surface area (Å²) in [6.45, 7) is 2.86. The molecule has 2 heterocycles. The Kier molecular flexibility index (Phi) is 4.23. The summed E-state index contributed by atoms with van der Waals surface area (Å²) >= 11 is 1.40. The highest BCUT2D eigenvalue weighted by Gasteiger charge is 2.25. The van der Waals surface area contributed by atoms with Crippen LogP contribution in [0.4, 0.5) is 5.69 Å². The molecule has 0 radical (unpaired) electrons. The zero-order valence-corrected chi connectivity index (χ0v) is 15.0. The van der Waals surface area contributed by atoms with Gasteiger partial charge in [0.05, 0.1) is 22.0 Å². The molecule has 5 nitrogen and oxygen atoms in total. The molecule has 128 valence electrons. The summed E-state index contributed by atoms with van der Waals surface area (Å²) in [4.78, 5) is 17.3. The smallest absolute Gasteiger partial charge is 0.186 e. The molecule has 2 aromatic carbocycles. The summed E-state index contributed by atoms with van der Waals surface area (Å²) in [5, 5.41) is 16.5. The van der Waals surface area contributed by atoms with Gasteiger partial charge in [0.25, 0.3) is 0 Å². The number of fused-ring (bicyclic) bond motifs is 1. The molecule has 0 N–H and O–H groups in total. The van der Waals surface area contributed by atoms with Crippen molar-refractivity contribution in [3.8, 4) is 6.07 Å². The minimum atomic E-state index is -0.884. The van der Waals surface area contributed by atoms with Crippen molar-refractivity contribution in [1.82, 2.24) is 4.98 Å². The van der Waals surface area contributed by atoms with Crippen LogP contribution in [0.25, 0.3) is 10.2 Å². The molecule has 1 aliphatic heterocycles. The summed E-state index contributed by atoms with van der Waals surface area (Å²) in [5.41, 5.74) is 3.38. The molecule has 0 amide bonds. The van der Waals surface area contributed by atoms with Crippen LogP contribution in [0.15, 0.2) is 53.6 Å². The van der Waals surface area contributed by atoms with Crippen molar-refractivity contribution in [2.45, 2.75) is 19.3 Å². The van der Waals surface area contributed by atoms with Crippen molar-refractivity contribution in [3.05, 3.63) is 59.1 Å². The second-order valence-corrected chi connectivity index (χ2v) is 7.26. The summed E-state index contributed by atoms with van der Waals surface area (Å²) in [5.74, 6) is -1.11. The zero-order chi connectivity index (χ0) is 18.1. The number of nitriles is 1. The largest absolute Gasteiger partial charge is 0.292 e. The number of hydrogen-bond donors (Lipinski definition) is 0. The van der Waals surface area contributed by atoms with Crippen LogP contribution < -0.4 is 5.01 Å². The molecule has 4 rings (SSSR count). The van der Waals surface area contributed by atoms with E-state index in [2.05, 4.69) is 16.2 Å². The Hall–Kier alpha value is -3.04. The molecule has 0 saturated heterocycles. The maximum Gasteiger partial charge on any atom is 0.186 e. The first kappa shape index (κ1) is 16.4. The van der Waals surface area contributed by atoms with E-state index >= 15 is 0 Å². The highest BCUT2D eigenvalue weighted by molar-refractivity contribution is 7.18. The van der Waals surface area contributed by atoms with E-state index in [0.29, 0.717) is 10.6 Å². The minimum Gasteiger partial charge on any atom is -0.292 e. The fourth-order valence-corrected chi connectivity index (χ4v) is 3.98. The van der Waals surface area contributed by atoms with Gasteiger partial charge in [-0.2, -0.15) is 10.4 Å². The Bertz CT molecular complexity index is 1010. The molecule has 0 aliphatic carbocycles. The van der Waals surface area contributed by atoms with E-state index in [1.807, 2.05) is 48.3 Å². The zero-order valence-electron chi connectivity index (χ0n) is 14.2. The predicted molar refractivity (Wildman–Crippen MR) is 104 cm³/mol. The number of nitrogens with zero attached hydrogens (tertiary/aromatic N) is 4. The van der Waals surface area contributed by atoms with Gasteiger partial charge in [-0.25, -0.2) is 4.98 Å². The number of para-hydroxylation sites is 1. The first-order valence-electron chi connectivity index (χ1n) is 8.36. The molecule has 26 heavy (non-hydrogen) atoms. The number of hydrogen-bond acceptors (Lipinski definition) is 6. The number of benzene rings is 2. The summed E-state index contributed by atoms with van der Waals surface area (Å²) in [6.07, 6.45) is 0.953. The van der Waals surface area contributed by atoms with Crippen molar-refractivity contribution in [2.75, 3.05) is 11.6 Å². The summed E-state index contributed by atoms with van der Waals surface area (Å²) < 4.78 is 0.980. The fourth-order valence-electron chi connectivity index (χ4n) is 2.96. The van der Waals surface area contributed by atoms with Crippen LogP contribution in [0.3, 0.4) is 0 Å². The number of anilines is 1. The molecule has 0 bridgehead atoms. The first-order valence-corrected chi connectivity index (χ1v) is 9.18. The number of carbonyl (C=O) groups excluding carboxylic acids is 1. The van der Waals surface area contributed by atoms with Crippen molar-refractivity contribution in [1.29, 1.82) is 5.26 Å². The SMILES string of the molecule is CC1=NN(c2ccc(C(=O)[C@H](C#N)c3nc4ccccc4s3)cc2)CC1. The third kappa shape index (κ3) is 2.98. The lowest BCUT2D eigenvalue weighted by Crippen LogP contribution is -2.13. The molecule has 1 atom stereocenters. The van der Waals surface area contributed by atoms with Gasteiger partial charge in [0, 0.05) is 24.2 Å². The third-order valence-corrected chi connectivity index (χ3v) is 5.48. The first-order chi connectivity index (χ1) is 12.7. The monoisotopic (exact) mass is 360 g/mol. The van der Waals surface area contributed by atoms with Crippen LogP contribution in [0, 0.1) is 11.3 Å². The molecule has 0 saturated carbocycles. The van der Waals surface area contributed by atoms with Crippen molar-refractivity contribution in [2.24, 2.45) is 5.10 Å². The molecular formula is C20H16N4OS. The van der Waals surface area contributed by atoms with Gasteiger partial charge in [-0.1, -0.05) is 12.1 Å². The number of aromatic nitrogens is 1. The Balaban J connectivity index is 1.60. The van der Waals surface area contributed by atoms with Crippen molar-refractivity contribution in [3.63, 3.8) is 0 Å². The van der Waals surface area contributed by atoms with Gasteiger partial charge in [0.1, 0.15) is 5.01 Å². The van der Waals surface area contributed by atoms with E-state index in [0.717, 1.165) is 34.6 Å². The molecule has 3 aromatic rings. The second-order valence-electron chi connectivity index (χ2n) is 6.20. The highest BCUT2D eigenvalue weighted by atomic mass is 32.1. The van der Waals surface area contributed by atoms with Crippen LogP contribution in [-0.2, 0) is 0 Å². The Morgan fingerprint density at radius 3 is 2.65 bits per heavy atom. The van der Waals surface area contributed by atoms with Crippen LogP contribution in [-0.4, -0.2) is 23.0 Å². The lowest BCUT2D eigenvalue weighted by atomic mass is 9.99. The molecular weight excluding hydrogens is 344 g/mol. The molecule has 6 heteroatoms. The van der Waals surface area contributed by atoms with Gasteiger partial charge in [-0.05, 0) is 43.3 Å². The Labute approximate surface area is 155 Å². The van der Waals surface area contributed by atoms with Gasteiger partial charge in [-0.3, -0.25) is 9.80 Å². The van der Waals surface area contributed by atoms with Gasteiger partial charge in [0.2, 0.25) is 0 Å². The van der Waals surface area contributed by atoms with Gasteiger partial charge < -0.3 is 0 Å². The van der Waals surface area contributed by atoms with E-state index in [-0.39, 0.29) is 5.78 Å². The van der Waals surface area contributed by atoms with Crippen molar-refractivity contribution >= 4 is 38.7 Å². The number of carbonyl (C=O) groups is 1. The molecule has 0 unspecified atom stereocenters. The number of ketones is 1. The van der Waals surface area contributed by atoms with Crippen LogP contribution >= 0.6 is 11.3 Å². The summed E-state index contributed by atoms with van der Waals surface area (Å²) in [6, 6.07) is 17.1. The summed E-state index contributed by atoms with van der Waals surface area (Å²) in [7, 11) is 0. The number of rotatable bonds is 4. The quantitative estimate of drug-likeness (QED) is 0.648. The topological polar surface area (TPSA) is 69.3 Å². The van der Waals surface area contributed by atoms with E-state index in [9.17, 15) is 10.1 Å². The average molecular weight is 360 g/mol.